The number of nitrogens with zero attached hydrogens (tertiary/aromatic N) is 1. The summed E-state index contributed by atoms with van der Waals surface area (Å²) in [5, 5.41) is 14.7. The normalized spacial score (nSPS) is 11.4. The van der Waals surface area contributed by atoms with Crippen molar-refractivity contribution in [1.29, 1.82) is 5.26 Å². The summed E-state index contributed by atoms with van der Waals surface area (Å²) in [6.45, 7) is 9.45. The molecule has 170 valence electrons. The highest BCUT2D eigenvalue weighted by molar-refractivity contribution is 7.16. The SMILES string of the molecule is CCOC(=O)c1c(NC(=O)/C(C#N)=C/c2c(OC(C)C)ccc3ccccc23)sc(C)c1C. The number of thiophene rings is 1. The van der Waals surface area contributed by atoms with E-state index in [0.717, 1.165) is 21.2 Å². The van der Waals surface area contributed by atoms with E-state index in [1.54, 1.807) is 13.8 Å². The number of aryl methyl sites for hydroxylation is 1. The van der Waals surface area contributed by atoms with Crippen molar-refractivity contribution < 1.29 is 19.1 Å². The maximum atomic E-state index is 13.1. The highest BCUT2D eigenvalue weighted by Gasteiger charge is 2.23. The molecule has 1 heterocycles. The van der Waals surface area contributed by atoms with E-state index in [0.29, 0.717) is 21.9 Å². The Kier molecular flexibility index (Phi) is 7.52. The number of nitrogens with one attached hydrogen (secondary N) is 1. The summed E-state index contributed by atoms with van der Waals surface area (Å²) in [5.74, 6) is -0.522. The molecule has 0 unspecified atom stereocenters. The number of esters is 1. The van der Waals surface area contributed by atoms with Gasteiger partial charge in [0.25, 0.3) is 5.91 Å². The zero-order chi connectivity index (χ0) is 24.1. The largest absolute Gasteiger partial charge is 0.490 e. The van der Waals surface area contributed by atoms with Crippen LogP contribution in [0.4, 0.5) is 5.00 Å². The first kappa shape index (κ1) is 24.0. The second kappa shape index (κ2) is 10.3. The van der Waals surface area contributed by atoms with Crippen LogP contribution in [0, 0.1) is 25.2 Å². The maximum absolute atomic E-state index is 13.1. The topological polar surface area (TPSA) is 88.4 Å². The van der Waals surface area contributed by atoms with Crippen molar-refractivity contribution >= 4 is 45.1 Å². The van der Waals surface area contributed by atoms with Crippen molar-refractivity contribution in [3.63, 3.8) is 0 Å². The lowest BCUT2D eigenvalue weighted by Gasteiger charge is -2.15. The van der Waals surface area contributed by atoms with E-state index in [9.17, 15) is 14.9 Å². The van der Waals surface area contributed by atoms with Gasteiger partial charge in [-0.1, -0.05) is 30.3 Å². The standard InChI is InChI=1S/C26H26N2O4S/c1-6-31-26(30)23-16(4)17(5)33-25(23)28-24(29)19(14-27)13-21-20-10-8-7-9-18(20)11-12-22(21)32-15(2)3/h7-13,15H,6H2,1-5H3,(H,28,29)/b19-13+. The highest BCUT2D eigenvalue weighted by atomic mass is 32.1. The van der Waals surface area contributed by atoms with Crippen molar-refractivity contribution in [2.45, 2.75) is 40.7 Å². The maximum Gasteiger partial charge on any atom is 0.341 e. The van der Waals surface area contributed by atoms with Crippen LogP contribution in [0.1, 0.15) is 47.1 Å². The van der Waals surface area contributed by atoms with Crippen LogP contribution in [0.25, 0.3) is 16.8 Å². The van der Waals surface area contributed by atoms with Crippen LogP contribution in [-0.2, 0) is 9.53 Å². The molecule has 1 aromatic heterocycles. The number of rotatable bonds is 7. The van der Waals surface area contributed by atoms with Crippen molar-refractivity contribution in [2.24, 2.45) is 0 Å². The number of carbonyl (C=O) groups excluding carboxylic acids is 2. The molecule has 0 aliphatic heterocycles. The predicted octanol–water partition coefficient (Wildman–Crippen LogP) is 6.03. The van der Waals surface area contributed by atoms with E-state index < -0.39 is 11.9 Å². The van der Waals surface area contributed by atoms with Gasteiger partial charge in [-0.2, -0.15) is 5.26 Å². The predicted molar refractivity (Wildman–Crippen MR) is 132 cm³/mol. The van der Waals surface area contributed by atoms with Gasteiger partial charge >= 0.3 is 5.97 Å². The van der Waals surface area contributed by atoms with Crippen LogP contribution in [0.15, 0.2) is 42.0 Å². The summed E-state index contributed by atoms with van der Waals surface area (Å²) < 4.78 is 11.1. The van der Waals surface area contributed by atoms with Crippen LogP contribution in [0.5, 0.6) is 5.75 Å². The van der Waals surface area contributed by atoms with Gasteiger partial charge in [-0.3, -0.25) is 4.79 Å². The number of hydrogen-bond acceptors (Lipinski definition) is 6. The third-order valence-corrected chi connectivity index (χ3v) is 6.16. The van der Waals surface area contributed by atoms with E-state index in [2.05, 4.69) is 5.32 Å². The molecule has 33 heavy (non-hydrogen) atoms. The van der Waals surface area contributed by atoms with Crippen molar-refractivity contribution in [3.05, 3.63) is 63.5 Å². The lowest BCUT2D eigenvalue weighted by molar-refractivity contribution is -0.112. The van der Waals surface area contributed by atoms with Gasteiger partial charge in [0, 0.05) is 10.4 Å². The summed E-state index contributed by atoms with van der Waals surface area (Å²) in [4.78, 5) is 26.4. The average Bonchev–Trinajstić information content (AvgIpc) is 3.05. The van der Waals surface area contributed by atoms with E-state index in [1.165, 1.54) is 17.4 Å². The van der Waals surface area contributed by atoms with Gasteiger partial charge in [0.05, 0.1) is 18.3 Å². The summed E-state index contributed by atoms with van der Waals surface area (Å²) in [7, 11) is 0. The third kappa shape index (κ3) is 5.24. The Morgan fingerprint density at radius 3 is 2.58 bits per heavy atom. The van der Waals surface area contributed by atoms with E-state index in [4.69, 9.17) is 9.47 Å². The molecule has 3 rings (SSSR count). The number of carbonyl (C=O) groups is 2. The molecule has 0 radical (unpaired) electrons. The number of nitriles is 1. The molecule has 6 nitrogen and oxygen atoms in total. The molecule has 0 saturated heterocycles. The number of ether oxygens (including phenoxy) is 2. The summed E-state index contributed by atoms with van der Waals surface area (Å²) in [6.07, 6.45) is 1.45. The molecule has 3 aromatic rings. The van der Waals surface area contributed by atoms with Crippen LogP contribution >= 0.6 is 11.3 Å². The van der Waals surface area contributed by atoms with Crippen molar-refractivity contribution in [3.8, 4) is 11.8 Å². The number of benzene rings is 2. The van der Waals surface area contributed by atoms with E-state index >= 15 is 0 Å². The zero-order valence-corrected chi connectivity index (χ0v) is 20.1. The van der Waals surface area contributed by atoms with Crippen LogP contribution in [0.3, 0.4) is 0 Å². The first-order chi connectivity index (χ1) is 15.8. The summed E-state index contributed by atoms with van der Waals surface area (Å²) in [5.41, 5.74) is 1.62. The van der Waals surface area contributed by atoms with E-state index in [1.807, 2.05) is 63.2 Å². The molecule has 7 heteroatoms. The van der Waals surface area contributed by atoms with Crippen molar-refractivity contribution in [2.75, 3.05) is 11.9 Å². The smallest absolute Gasteiger partial charge is 0.341 e. The third-order valence-electron chi connectivity index (χ3n) is 5.04. The van der Waals surface area contributed by atoms with Gasteiger partial charge in [0.1, 0.15) is 22.4 Å². The fourth-order valence-corrected chi connectivity index (χ4v) is 4.45. The number of anilines is 1. The number of amides is 1. The Morgan fingerprint density at radius 1 is 1.18 bits per heavy atom. The molecule has 1 N–H and O–H groups in total. The molecule has 0 fully saturated rings. The quantitative estimate of drug-likeness (QED) is 0.263. The van der Waals surface area contributed by atoms with Crippen molar-refractivity contribution in [1.82, 2.24) is 0 Å². The minimum atomic E-state index is -0.604. The van der Waals surface area contributed by atoms with Gasteiger partial charge < -0.3 is 14.8 Å². The Balaban J connectivity index is 2.05. The number of fused-ring (bicyclic) bond motifs is 1. The average molecular weight is 463 g/mol. The van der Waals surface area contributed by atoms with Gasteiger partial charge in [-0.25, -0.2) is 4.79 Å². The minimum absolute atomic E-state index is 0.0816. The fraction of sp³-hybridized carbons (Fsp3) is 0.269. The summed E-state index contributed by atoms with van der Waals surface area (Å²) in [6, 6.07) is 13.5. The Labute approximate surface area is 197 Å². The zero-order valence-electron chi connectivity index (χ0n) is 19.3. The highest BCUT2D eigenvalue weighted by Crippen LogP contribution is 2.34. The fourth-order valence-electron chi connectivity index (χ4n) is 3.41. The van der Waals surface area contributed by atoms with Gasteiger partial charge in [-0.15, -0.1) is 11.3 Å². The first-order valence-corrected chi connectivity index (χ1v) is 11.5. The molecular weight excluding hydrogens is 436 g/mol. The van der Waals surface area contributed by atoms with E-state index in [-0.39, 0.29) is 18.3 Å². The molecule has 1 amide bonds. The van der Waals surface area contributed by atoms with Crippen LogP contribution < -0.4 is 10.1 Å². The molecular formula is C26H26N2O4S. The summed E-state index contributed by atoms with van der Waals surface area (Å²) >= 11 is 1.28. The first-order valence-electron chi connectivity index (χ1n) is 10.6. The Bertz CT molecular complexity index is 1280. The molecule has 2 aromatic carbocycles. The Hall–Kier alpha value is -3.63. The lowest BCUT2D eigenvalue weighted by atomic mass is 10.0. The second-order valence-electron chi connectivity index (χ2n) is 7.70. The number of hydrogen-bond donors (Lipinski definition) is 1. The van der Waals surface area contributed by atoms with Crippen LogP contribution in [0.2, 0.25) is 0 Å². The Morgan fingerprint density at radius 2 is 1.91 bits per heavy atom. The molecule has 0 saturated carbocycles. The van der Waals surface area contributed by atoms with Crippen LogP contribution in [-0.4, -0.2) is 24.6 Å². The lowest BCUT2D eigenvalue weighted by Crippen LogP contribution is -2.16. The van der Waals surface area contributed by atoms with Gasteiger partial charge in [0.15, 0.2) is 0 Å². The molecule has 0 aliphatic carbocycles. The monoisotopic (exact) mass is 462 g/mol. The van der Waals surface area contributed by atoms with Gasteiger partial charge in [0.2, 0.25) is 0 Å². The molecule has 0 spiro atoms. The van der Waals surface area contributed by atoms with Gasteiger partial charge in [-0.05, 0) is 63.1 Å². The minimum Gasteiger partial charge on any atom is -0.490 e. The molecule has 0 atom stereocenters. The molecule has 0 bridgehead atoms. The molecule has 0 aliphatic rings. The second-order valence-corrected chi connectivity index (χ2v) is 8.92.